The summed E-state index contributed by atoms with van der Waals surface area (Å²) in [5.74, 6) is -0.0451. The molecule has 2 rings (SSSR count). The molecule has 2 heterocycles. The lowest BCUT2D eigenvalue weighted by molar-refractivity contribution is -0.147. The summed E-state index contributed by atoms with van der Waals surface area (Å²) in [6.45, 7) is 1.91. The Labute approximate surface area is 81.2 Å². The number of aliphatic carboxylic acids is 1. The van der Waals surface area contributed by atoms with Crippen molar-refractivity contribution in [1.82, 2.24) is 19.7 Å². The van der Waals surface area contributed by atoms with Crippen molar-refractivity contribution in [2.24, 2.45) is 13.0 Å². The monoisotopic (exact) mass is 196 g/mol. The molecule has 1 aromatic rings. The molecule has 0 spiro atoms. The number of nitrogens with zero attached hydrogens (tertiary/aromatic N) is 4. The number of hydrogen-bond donors (Lipinski definition) is 1. The first-order valence-corrected chi connectivity index (χ1v) is 4.45. The summed E-state index contributed by atoms with van der Waals surface area (Å²) < 4.78 is 1.84. The number of aryl methyl sites for hydroxylation is 1. The Kier molecular flexibility index (Phi) is 2.20. The molecule has 1 aromatic heterocycles. The van der Waals surface area contributed by atoms with Gasteiger partial charge < -0.3 is 9.67 Å². The van der Waals surface area contributed by atoms with E-state index >= 15 is 0 Å². The van der Waals surface area contributed by atoms with E-state index < -0.39 is 5.97 Å². The van der Waals surface area contributed by atoms with Crippen LogP contribution in [0.25, 0.3) is 0 Å². The lowest BCUT2D eigenvalue weighted by Crippen LogP contribution is -2.49. The molecule has 14 heavy (non-hydrogen) atoms. The largest absolute Gasteiger partial charge is 0.481 e. The van der Waals surface area contributed by atoms with Crippen LogP contribution in [0.4, 0.5) is 0 Å². The number of carbonyl (C=O) groups is 1. The molecule has 1 N–H and O–H groups in total. The van der Waals surface area contributed by atoms with Crippen molar-refractivity contribution in [3.8, 4) is 0 Å². The highest BCUT2D eigenvalue weighted by Crippen LogP contribution is 2.17. The van der Waals surface area contributed by atoms with Gasteiger partial charge in [0, 0.05) is 20.1 Å². The van der Waals surface area contributed by atoms with Gasteiger partial charge >= 0.3 is 5.97 Å². The molecule has 0 aliphatic carbocycles. The van der Waals surface area contributed by atoms with Crippen LogP contribution in [-0.4, -0.2) is 43.8 Å². The Hall–Kier alpha value is -1.43. The Morgan fingerprint density at radius 3 is 2.93 bits per heavy atom. The minimum absolute atomic E-state index is 0.205. The fourth-order valence-corrected chi connectivity index (χ4v) is 1.51. The lowest BCUT2D eigenvalue weighted by atomic mass is 10.0. The Balaban J connectivity index is 1.85. The molecule has 0 radical (unpaired) electrons. The zero-order valence-corrected chi connectivity index (χ0v) is 7.92. The molecule has 0 amide bonds. The van der Waals surface area contributed by atoms with Crippen LogP contribution in [0.2, 0.25) is 0 Å². The van der Waals surface area contributed by atoms with Crippen molar-refractivity contribution in [1.29, 1.82) is 0 Å². The highest BCUT2D eigenvalue weighted by molar-refractivity contribution is 5.71. The van der Waals surface area contributed by atoms with E-state index in [4.69, 9.17) is 5.11 Å². The number of likely N-dealkylation sites (tertiary alicyclic amines) is 1. The summed E-state index contributed by atoms with van der Waals surface area (Å²) in [4.78, 5) is 12.6. The maximum atomic E-state index is 10.5. The second kappa shape index (κ2) is 3.38. The third kappa shape index (κ3) is 1.60. The molecule has 6 heteroatoms. The van der Waals surface area contributed by atoms with Gasteiger partial charge in [0.15, 0.2) is 0 Å². The molecule has 1 fully saturated rings. The van der Waals surface area contributed by atoms with Crippen molar-refractivity contribution in [2.45, 2.75) is 6.54 Å². The summed E-state index contributed by atoms with van der Waals surface area (Å²) >= 11 is 0. The van der Waals surface area contributed by atoms with Gasteiger partial charge in [-0.3, -0.25) is 9.69 Å². The fourth-order valence-electron chi connectivity index (χ4n) is 1.51. The predicted octanol–water partition coefficient (Wildman–Crippen LogP) is -0.669. The van der Waals surface area contributed by atoms with Gasteiger partial charge in [-0.25, -0.2) is 0 Å². The predicted molar refractivity (Wildman–Crippen MR) is 47.4 cm³/mol. The molecule has 0 bridgehead atoms. The molecule has 1 aliphatic heterocycles. The minimum Gasteiger partial charge on any atom is -0.481 e. The number of hydrogen-bond acceptors (Lipinski definition) is 4. The van der Waals surface area contributed by atoms with Gasteiger partial charge in [0.25, 0.3) is 0 Å². The van der Waals surface area contributed by atoms with Crippen LogP contribution in [0.1, 0.15) is 5.82 Å². The van der Waals surface area contributed by atoms with E-state index in [9.17, 15) is 4.79 Å². The van der Waals surface area contributed by atoms with Crippen LogP contribution in [0.5, 0.6) is 0 Å². The zero-order chi connectivity index (χ0) is 10.1. The standard InChI is InChI=1S/C8H12N4O2/c1-11-5-9-10-7(11)4-12-2-6(3-12)8(13)14/h5-6H,2-4H2,1H3,(H,13,14). The van der Waals surface area contributed by atoms with E-state index in [2.05, 4.69) is 10.2 Å². The second-order valence-corrected chi connectivity index (χ2v) is 3.59. The first kappa shape index (κ1) is 9.14. The molecule has 0 saturated carbocycles. The fraction of sp³-hybridized carbons (Fsp3) is 0.625. The lowest BCUT2D eigenvalue weighted by Gasteiger charge is -2.35. The molecule has 0 unspecified atom stereocenters. The van der Waals surface area contributed by atoms with Crippen LogP contribution in [0, 0.1) is 5.92 Å². The first-order valence-electron chi connectivity index (χ1n) is 4.45. The maximum Gasteiger partial charge on any atom is 0.309 e. The molecule has 1 aliphatic rings. The summed E-state index contributed by atoms with van der Waals surface area (Å²) in [5, 5.41) is 16.4. The van der Waals surface area contributed by atoms with Crippen LogP contribution in [0.15, 0.2) is 6.33 Å². The van der Waals surface area contributed by atoms with E-state index in [1.165, 1.54) is 0 Å². The Morgan fingerprint density at radius 2 is 2.43 bits per heavy atom. The molecular weight excluding hydrogens is 184 g/mol. The zero-order valence-electron chi connectivity index (χ0n) is 7.92. The quantitative estimate of drug-likeness (QED) is 0.694. The maximum absolute atomic E-state index is 10.5. The van der Waals surface area contributed by atoms with Crippen LogP contribution < -0.4 is 0 Å². The van der Waals surface area contributed by atoms with Gasteiger partial charge in [0.05, 0.1) is 12.5 Å². The Bertz CT molecular complexity index is 343. The molecule has 6 nitrogen and oxygen atoms in total. The average molecular weight is 196 g/mol. The molecule has 0 atom stereocenters. The van der Waals surface area contributed by atoms with Gasteiger partial charge in [-0.05, 0) is 0 Å². The van der Waals surface area contributed by atoms with Gasteiger partial charge in [-0.2, -0.15) is 0 Å². The van der Waals surface area contributed by atoms with E-state index in [-0.39, 0.29) is 5.92 Å². The first-order chi connectivity index (χ1) is 6.66. The topological polar surface area (TPSA) is 71.2 Å². The molecule has 76 valence electrons. The second-order valence-electron chi connectivity index (χ2n) is 3.59. The average Bonchev–Trinajstić information content (AvgIpc) is 2.42. The van der Waals surface area contributed by atoms with E-state index in [1.807, 2.05) is 16.5 Å². The van der Waals surface area contributed by atoms with Crippen molar-refractivity contribution >= 4 is 5.97 Å². The Morgan fingerprint density at radius 1 is 1.71 bits per heavy atom. The molecular formula is C8H12N4O2. The summed E-state index contributed by atoms with van der Waals surface area (Å²) in [5.41, 5.74) is 0. The van der Waals surface area contributed by atoms with Crippen molar-refractivity contribution in [3.63, 3.8) is 0 Å². The number of aromatic nitrogens is 3. The van der Waals surface area contributed by atoms with Crippen molar-refractivity contribution in [3.05, 3.63) is 12.2 Å². The number of rotatable bonds is 3. The van der Waals surface area contributed by atoms with Crippen molar-refractivity contribution < 1.29 is 9.90 Å². The molecule has 0 aromatic carbocycles. The van der Waals surface area contributed by atoms with Gasteiger partial charge in [-0.15, -0.1) is 10.2 Å². The van der Waals surface area contributed by atoms with Crippen LogP contribution >= 0.6 is 0 Å². The highest BCUT2D eigenvalue weighted by atomic mass is 16.4. The number of carboxylic acids is 1. The van der Waals surface area contributed by atoms with E-state index in [1.54, 1.807) is 6.33 Å². The summed E-state index contributed by atoms with van der Waals surface area (Å²) in [6.07, 6.45) is 1.64. The summed E-state index contributed by atoms with van der Waals surface area (Å²) in [6, 6.07) is 0. The van der Waals surface area contributed by atoms with Crippen molar-refractivity contribution in [2.75, 3.05) is 13.1 Å². The summed E-state index contributed by atoms with van der Waals surface area (Å²) in [7, 11) is 1.88. The third-order valence-corrected chi connectivity index (χ3v) is 2.48. The molecule has 1 saturated heterocycles. The number of carboxylic acid groups (broad SMARTS) is 1. The third-order valence-electron chi connectivity index (χ3n) is 2.48. The van der Waals surface area contributed by atoms with E-state index in [0.29, 0.717) is 19.6 Å². The smallest absolute Gasteiger partial charge is 0.309 e. The minimum atomic E-state index is -0.709. The SMILES string of the molecule is Cn1cnnc1CN1CC(C(=O)O)C1. The van der Waals surface area contributed by atoms with E-state index in [0.717, 1.165) is 5.82 Å². The van der Waals surface area contributed by atoms with Gasteiger partial charge in [-0.1, -0.05) is 0 Å². The van der Waals surface area contributed by atoms with Gasteiger partial charge in [0.1, 0.15) is 12.2 Å². The van der Waals surface area contributed by atoms with Crippen LogP contribution in [-0.2, 0) is 18.4 Å². The normalized spacial score (nSPS) is 18.1. The van der Waals surface area contributed by atoms with Crippen LogP contribution in [0.3, 0.4) is 0 Å². The highest BCUT2D eigenvalue weighted by Gasteiger charge is 2.32. The van der Waals surface area contributed by atoms with Gasteiger partial charge in [0.2, 0.25) is 0 Å².